The molecule has 1 aliphatic heterocycles. The molecule has 1 aliphatic rings. The van der Waals surface area contributed by atoms with Gasteiger partial charge in [0.25, 0.3) is 5.91 Å². The van der Waals surface area contributed by atoms with Gasteiger partial charge >= 0.3 is 6.18 Å². The molecule has 0 saturated heterocycles. The normalized spacial score (nSPS) is 13.4. The van der Waals surface area contributed by atoms with Crippen molar-refractivity contribution in [3.63, 3.8) is 0 Å². The summed E-state index contributed by atoms with van der Waals surface area (Å²) in [7, 11) is 0. The maximum atomic E-state index is 13.2. The Balaban J connectivity index is 1.86. The van der Waals surface area contributed by atoms with Crippen molar-refractivity contribution >= 4 is 34.4 Å². The average molecular weight is 417 g/mol. The highest BCUT2D eigenvalue weighted by Crippen LogP contribution is 2.40. The van der Waals surface area contributed by atoms with Crippen LogP contribution in [0.1, 0.15) is 23.6 Å². The van der Waals surface area contributed by atoms with Gasteiger partial charge in [-0.15, -0.1) is 0 Å². The third-order valence-corrected chi connectivity index (χ3v) is 4.80. The Morgan fingerprint density at radius 2 is 1.97 bits per heavy atom. The average Bonchev–Trinajstić information content (AvgIpc) is 2.72. The maximum absolute atomic E-state index is 13.2. The van der Waals surface area contributed by atoms with Crippen molar-refractivity contribution < 1.29 is 18.0 Å². The van der Waals surface area contributed by atoms with Gasteiger partial charge in [-0.05, 0) is 66.5 Å². The number of hydrogen-bond acceptors (Lipinski definition) is 4. The Morgan fingerprint density at radius 3 is 2.59 bits per heavy atom. The lowest BCUT2D eigenvalue weighted by atomic mass is 9.92. The van der Waals surface area contributed by atoms with E-state index in [2.05, 4.69) is 15.3 Å². The summed E-state index contributed by atoms with van der Waals surface area (Å²) in [5.41, 5.74) is 1.41. The van der Waals surface area contributed by atoms with Crippen molar-refractivity contribution in [3.05, 3.63) is 71.2 Å². The van der Waals surface area contributed by atoms with Crippen LogP contribution >= 0.6 is 12.2 Å². The molecular weight excluding hydrogens is 399 g/mol. The van der Waals surface area contributed by atoms with Crippen LogP contribution in [0.3, 0.4) is 0 Å². The first kappa shape index (κ1) is 20.8. The fourth-order valence-electron chi connectivity index (χ4n) is 3.11. The number of anilines is 1. The first-order valence-electron chi connectivity index (χ1n) is 8.97. The maximum Gasteiger partial charge on any atom is 0.416 e. The molecular formula is C21H18F3N3OS. The minimum absolute atomic E-state index is 0.187. The molecule has 3 rings (SSSR count). The van der Waals surface area contributed by atoms with Gasteiger partial charge in [0.2, 0.25) is 0 Å². The highest BCUT2D eigenvalue weighted by molar-refractivity contribution is 7.78. The number of halogens is 3. The fourth-order valence-corrected chi connectivity index (χ4v) is 3.33. The van der Waals surface area contributed by atoms with E-state index in [1.807, 2.05) is 19.1 Å². The smallest absolute Gasteiger partial charge is 0.352 e. The van der Waals surface area contributed by atoms with Crippen LogP contribution in [-0.4, -0.2) is 29.0 Å². The summed E-state index contributed by atoms with van der Waals surface area (Å²) in [5, 5.41) is 5.29. The van der Waals surface area contributed by atoms with Gasteiger partial charge in [-0.3, -0.25) is 9.78 Å². The summed E-state index contributed by atoms with van der Waals surface area (Å²) in [5.74, 6) is -0.409. The minimum atomic E-state index is -4.49. The number of amides is 1. The molecule has 1 aromatic carbocycles. The van der Waals surface area contributed by atoms with E-state index in [4.69, 9.17) is 12.2 Å². The fraction of sp³-hybridized carbons (Fsp3) is 0.238. The van der Waals surface area contributed by atoms with Crippen LogP contribution in [-0.2, 0) is 17.4 Å². The van der Waals surface area contributed by atoms with Crippen molar-refractivity contribution in [2.24, 2.45) is 0 Å². The number of alkyl halides is 3. The molecule has 1 amide bonds. The minimum Gasteiger partial charge on any atom is -0.352 e. The summed E-state index contributed by atoms with van der Waals surface area (Å²) in [6.07, 6.45) is 1.05. The van der Waals surface area contributed by atoms with Gasteiger partial charge in [0.1, 0.15) is 0 Å². The Labute approximate surface area is 171 Å². The van der Waals surface area contributed by atoms with Gasteiger partial charge in [0.15, 0.2) is 0 Å². The third kappa shape index (κ3) is 4.55. The predicted octanol–water partition coefficient (Wildman–Crippen LogP) is 4.17. The number of benzene rings is 1. The van der Waals surface area contributed by atoms with Gasteiger partial charge in [-0.2, -0.15) is 13.2 Å². The zero-order chi connectivity index (χ0) is 21.0. The Bertz CT molecular complexity index is 996. The first-order chi connectivity index (χ1) is 13.8. The van der Waals surface area contributed by atoms with Gasteiger partial charge in [-0.1, -0.05) is 0 Å². The van der Waals surface area contributed by atoms with E-state index in [9.17, 15) is 18.0 Å². The van der Waals surface area contributed by atoms with E-state index >= 15 is 0 Å². The van der Waals surface area contributed by atoms with E-state index in [1.165, 1.54) is 6.07 Å². The largest absolute Gasteiger partial charge is 0.416 e. The second-order valence-corrected chi connectivity index (χ2v) is 6.60. The summed E-state index contributed by atoms with van der Waals surface area (Å²) in [6, 6.07) is 7.13. The van der Waals surface area contributed by atoms with Crippen LogP contribution in [0.25, 0.3) is 5.57 Å². The zero-order valence-corrected chi connectivity index (χ0v) is 16.4. The molecule has 0 unspecified atom stereocenters. The molecule has 0 saturated carbocycles. The molecule has 29 heavy (non-hydrogen) atoms. The lowest BCUT2D eigenvalue weighted by Gasteiger charge is -2.29. The number of nitrogens with zero attached hydrogens (tertiary/aromatic N) is 2. The predicted molar refractivity (Wildman–Crippen MR) is 110 cm³/mol. The molecule has 1 N–H and O–H groups in total. The monoisotopic (exact) mass is 417 g/mol. The molecule has 1 aromatic heterocycles. The summed E-state index contributed by atoms with van der Waals surface area (Å²) >= 11 is 4.93. The lowest BCUT2D eigenvalue weighted by molar-refractivity contribution is -0.137. The van der Waals surface area contributed by atoms with E-state index in [0.717, 1.165) is 17.7 Å². The molecule has 4 nitrogen and oxygen atoms in total. The van der Waals surface area contributed by atoms with Gasteiger partial charge in [0, 0.05) is 42.9 Å². The molecule has 2 heterocycles. The number of aromatic nitrogens is 1. The second kappa shape index (κ2) is 8.59. The van der Waals surface area contributed by atoms with Crippen LogP contribution in [0.5, 0.6) is 0 Å². The molecule has 8 heteroatoms. The number of pyridine rings is 1. The molecule has 0 atom stereocenters. The zero-order valence-electron chi connectivity index (χ0n) is 15.6. The number of hydrogen-bond donors (Lipinski definition) is 1. The highest BCUT2D eigenvalue weighted by atomic mass is 32.1. The number of carbonyl (C=O) groups excluding carboxylic acids is 1. The molecule has 0 radical (unpaired) electrons. The molecule has 0 aliphatic carbocycles. The van der Waals surface area contributed by atoms with Crippen LogP contribution in [0.2, 0.25) is 0 Å². The molecule has 2 aromatic rings. The molecule has 0 fully saturated rings. The van der Waals surface area contributed by atoms with Crippen molar-refractivity contribution in [1.29, 1.82) is 0 Å². The van der Waals surface area contributed by atoms with E-state index in [-0.39, 0.29) is 16.7 Å². The second-order valence-electron chi connectivity index (χ2n) is 6.40. The summed E-state index contributed by atoms with van der Waals surface area (Å²) in [4.78, 5) is 18.4. The third-order valence-electron chi connectivity index (χ3n) is 4.59. The van der Waals surface area contributed by atoms with Crippen LogP contribution in [0, 0.1) is 0 Å². The molecule has 0 spiro atoms. The van der Waals surface area contributed by atoms with Crippen LogP contribution in [0.4, 0.5) is 18.9 Å². The number of carbonyl (C=O) groups is 1. The van der Waals surface area contributed by atoms with Crippen LogP contribution < -0.4 is 10.2 Å². The molecule has 0 bridgehead atoms. The number of thiocarbonyl (C=S) groups is 1. The van der Waals surface area contributed by atoms with E-state index < -0.39 is 17.6 Å². The Morgan fingerprint density at radius 1 is 1.24 bits per heavy atom. The summed E-state index contributed by atoms with van der Waals surface area (Å²) < 4.78 is 39.6. The summed E-state index contributed by atoms with van der Waals surface area (Å²) in [6.45, 7) is 2.70. The number of fused-ring (bicyclic) bond motifs is 1. The van der Waals surface area contributed by atoms with Gasteiger partial charge in [0.05, 0.1) is 16.7 Å². The number of nitrogens with one attached hydrogen (secondary N) is 1. The van der Waals surface area contributed by atoms with Crippen molar-refractivity contribution in [2.45, 2.75) is 19.5 Å². The highest BCUT2D eigenvalue weighted by Gasteiger charge is 2.33. The Hall–Kier alpha value is -2.96. The van der Waals surface area contributed by atoms with Gasteiger partial charge in [-0.25, -0.2) is 0 Å². The first-order valence-corrected chi connectivity index (χ1v) is 9.38. The van der Waals surface area contributed by atoms with E-state index in [0.29, 0.717) is 25.2 Å². The quantitative estimate of drug-likeness (QED) is 0.742. The van der Waals surface area contributed by atoms with E-state index in [1.54, 1.807) is 23.5 Å². The standard InChI is InChI=1S/C21H18F3N3OS/c1-2-27-12-17(20(28)26-10-7-14-5-8-25-9-6-14)18(13-29)16-11-15(21(22,23)24)3-4-19(16)27/h3-6,8-9,11-12H,2,7,10H2,1H3,(H,26,28). The van der Waals surface area contributed by atoms with Crippen molar-refractivity contribution in [3.8, 4) is 0 Å². The van der Waals surface area contributed by atoms with Crippen LogP contribution in [0.15, 0.2) is 54.5 Å². The van der Waals surface area contributed by atoms with Crippen molar-refractivity contribution in [1.82, 2.24) is 10.3 Å². The lowest BCUT2D eigenvalue weighted by Crippen LogP contribution is -2.32. The Kier molecular flexibility index (Phi) is 6.15. The SMILES string of the molecule is CCN1C=C(C(=O)NCCc2ccncc2)C(=C=S)c2cc(C(F)(F)F)ccc21. The molecule has 150 valence electrons. The van der Waals surface area contributed by atoms with Gasteiger partial charge < -0.3 is 10.2 Å². The number of rotatable bonds is 5. The topological polar surface area (TPSA) is 45.2 Å². The van der Waals surface area contributed by atoms with Crippen molar-refractivity contribution in [2.75, 3.05) is 18.0 Å².